The highest BCUT2D eigenvalue weighted by Crippen LogP contribution is 2.31. The highest BCUT2D eigenvalue weighted by Gasteiger charge is 2.49. The molecule has 4 amide bonds. The summed E-state index contributed by atoms with van der Waals surface area (Å²) in [5.41, 5.74) is 1.63. The molecular weight excluding hydrogens is 446 g/mol. The molecule has 3 rings (SSSR count). The van der Waals surface area contributed by atoms with E-state index in [0.29, 0.717) is 16.3 Å². The molecule has 1 saturated heterocycles. The van der Waals surface area contributed by atoms with Gasteiger partial charge in [-0.2, -0.15) is 0 Å². The first kappa shape index (κ1) is 20.4. The lowest BCUT2D eigenvalue weighted by Gasteiger charge is -2.22. The van der Waals surface area contributed by atoms with Gasteiger partial charge >= 0.3 is 6.03 Å². The molecule has 0 spiro atoms. The predicted octanol–water partition coefficient (Wildman–Crippen LogP) is 4.13. The van der Waals surface area contributed by atoms with Crippen molar-refractivity contribution in [3.63, 3.8) is 0 Å². The Morgan fingerprint density at radius 3 is 2.61 bits per heavy atom. The van der Waals surface area contributed by atoms with Gasteiger partial charge in [0.25, 0.3) is 5.91 Å². The first-order chi connectivity index (χ1) is 13.1. The fourth-order valence-corrected chi connectivity index (χ4v) is 4.00. The highest BCUT2D eigenvalue weighted by molar-refractivity contribution is 9.10. The molecule has 146 valence electrons. The lowest BCUT2D eigenvalue weighted by atomic mass is 9.92. The summed E-state index contributed by atoms with van der Waals surface area (Å²) < 4.78 is 0.786. The van der Waals surface area contributed by atoms with Crippen molar-refractivity contribution in [3.05, 3.63) is 62.6 Å². The Morgan fingerprint density at radius 1 is 1.25 bits per heavy atom. The Balaban J connectivity index is 1.79. The molecule has 1 unspecified atom stereocenters. The fourth-order valence-electron chi connectivity index (χ4n) is 3.23. The van der Waals surface area contributed by atoms with E-state index in [1.807, 2.05) is 26.0 Å². The molecule has 1 atom stereocenters. The normalized spacial score (nSPS) is 19.0. The van der Waals surface area contributed by atoms with Crippen LogP contribution in [0.1, 0.15) is 23.6 Å². The van der Waals surface area contributed by atoms with Gasteiger partial charge in [-0.15, -0.1) is 0 Å². The third-order valence-electron chi connectivity index (χ3n) is 4.67. The Morgan fingerprint density at radius 2 is 1.96 bits per heavy atom. The third-order valence-corrected chi connectivity index (χ3v) is 5.47. The molecule has 0 bridgehead atoms. The molecule has 6 nitrogen and oxygen atoms in total. The number of nitrogens with zero attached hydrogens (tertiary/aromatic N) is 1. The summed E-state index contributed by atoms with van der Waals surface area (Å²) in [5.74, 6) is -0.992. The zero-order valence-corrected chi connectivity index (χ0v) is 17.9. The summed E-state index contributed by atoms with van der Waals surface area (Å²) in [6, 6.07) is 10.1. The van der Waals surface area contributed by atoms with E-state index in [4.69, 9.17) is 11.6 Å². The molecule has 1 aliphatic heterocycles. The average molecular weight is 465 g/mol. The minimum Gasteiger partial charge on any atom is -0.323 e. The van der Waals surface area contributed by atoms with Crippen molar-refractivity contribution < 1.29 is 14.4 Å². The Kier molecular flexibility index (Phi) is 5.50. The zero-order valence-electron chi connectivity index (χ0n) is 15.6. The number of anilines is 1. The molecule has 0 aliphatic carbocycles. The number of nitrogens with one attached hydrogen (secondary N) is 2. The zero-order chi connectivity index (χ0) is 20.6. The number of carbonyl (C=O) groups excluding carboxylic acids is 3. The van der Waals surface area contributed by atoms with Crippen LogP contribution in [0, 0.1) is 13.8 Å². The van der Waals surface area contributed by atoms with Crippen LogP contribution in [0.2, 0.25) is 5.02 Å². The van der Waals surface area contributed by atoms with E-state index in [9.17, 15) is 14.4 Å². The van der Waals surface area contributed by atoms with Crippen LogP contribution in [0.5, 0.6) is 0 Å². The van der Waals surface area contributed by atoms with Crippen LogP contribution in [0.15, 0.2) is 40.9 Å². The second kappa shape index (κ2) is 7.56. The topological polar surface area (TPSA) is 78.5 Å². The Bertz CT molecular complexity index is 971. The molecule has 0 aromatic heterocycles. The minimum absolute atomic E-state index is 0.405. The van der Waals surface area contributed by atoms with Crippen molar-refractivity contribution in [1.82, 2.24) is 10.2 Å². The van der Waals surface area contributed by atoms with Crippen LogP contribution >= 0.6 is 27.5 Å². The van der Waals surface area contributed by atoms with Crippen LogP contribution < -0.4 is 10.6 Å². The number of aryl methyl sites for hydroxylation is 2. The van der Waals surface area contributed by atoms with Crippen molar-refractivity contribution in [2.45, 2.75) is 26.3 Å². The Hall–Kier alpha value is -2.38. The van der Waals surface area contributed by atoms with Gasteiger partial charge < -0.3 is 10.6 Å². The maximum absolute atomic E-state index is 12.9. The van der Waals surface area contributed by atoms with Gasteiger partial charge in [-0.05, 0) is 55.7 Å². The van der Waals surface area contributed by atoms with E-state index in [0.717, 1.165) is 20.5 Å². The number of imide groups is 1. The van der Waals surface area contributed by atoms with Crippen molar-refractivity contribution in [2.75, 3.05) is 11.9 Å². The molecule has 2 aromatic rings. The van der Waals surface area contributed by atoms with E-state index in [2.05, 4.69) is 26.6 Å². The second-order valence-electron chi connectivity index (χ2n) is 6.94. The van der Waals surface area contributed by atoms with Gasteiger partial charge in [0.2, 0.25) is 5.91 Å². The van der Waals surface area contributed by atoms with Gasteiger partial charge in [-0.25, -0.2) is 4.79 Å². The van der Waals surface area contributed by atoms with Crippen LogP contribution in [0.25, 0.3) is 0 Å². The van der Waals surface area contributed by atoms with Crippen LogP contribution in [-0.2, 0) is 15.1 Å². The molecule has 2 N–H and O–H groups in total. The summed E-state index contributed by atoms with van der Waals surface area (Å²) in [6.07, 6.45) is 0. The number of hydrogen-bond acceptors (Lipinski definition) is 3. The second-order valence-corrected chi connectivity index (χ2v) is 8.27. The van der Waals surface area contributed by atoms with E-state index in [1.54, 1.807) is 31.2 Å². The molecule has 1 aliphatic rings. The SMILES string of the molecule is Cc1cc(C)c(NC(=O)CN2C(=O)NC(C)(c3cccc(Br)c3)C2=O)c(Cl)c1. The molecular formula is C20H19BrClN3O3. The van der Waals surface area contributed by atoms with Crippen molar-refractivity contribution in [2.24, 2.45) is 0 Å². The fraction of sp³-hybridized carbons (Fsp3) is 0.250. The first-order valence-corrected chi connectivity index (χ1v) is 9.75. The number of carbonyl (C=O) groups is 3. The summed E-state index contributed by atoms with van der Waals surface area (Å²) in [6.45, 7) is 4.94. The first-order valence-electron chi connectivity index (χ1n) is 8.58. The maximum Gasteiger partial charge on any atom is 0.325 e. The van der Waals surface area contributed by atoms with Gasteiger partial charge in [0.05, 0.1) is 10.7 Å². The number of urea groups is 1. The predicted molar refractivity (Wildman–Crippen MR) is 111 cm³/mol. The number of hydrogen-bond donors (Lipinski definition) is 2. The van der Waals surface area contributed by atoms with Crippen molar-refractivity contribution >= 4 is 51.1 Å². The van der Waals surface area contributed by atoms with Gasteiger partial charge in [-0.3, -0.25) is 14.5 Å². The standard InChI is InChI=1S/C20H19BrClN3O3/c1-11-7-12(2)17(15(22)8-11)23-16(26)10-25-18(27)20(3,24-19(25)28)13-5-4-6-14(21)9-13/h4-9H,10H2,1-3H3,(H,23,26)(H,24,28). The molecule has 0 saturated carbocycles. The molecule has 2 aromatic carbocycles. The van der Waals surface area contributed by atoms with E-state index in [1.165, 1.54) is 0 Å². The van der Waals surface area contributed by atoms with Gasteiger partial charge in [0, 0.05) is 4.47 Å². The summed E-state index contributed by atoms with van der Waals surface area (Å²) in [4.78, 5) is 38.7. The van der Waals surface area contributed by atoms with Gasteiger partial charge in [0.15, 0.2) is 0 Å². The van der Waals surface area contributed by atoms with Crippen molar-refractivity contribution in [3.8, 4) is 0 Å². The smallest absolute Gasteiger partial charge is 0.323 e. The summed E-state index contributed by atoms with van der Waals surface area (Å²) >= 11 is 9.58. The largest absolute Gasteiger partial charge is 0.325 e. The van der Waals surface area contributed by atoms with E-state index >= 15 is 0 Å². The monoisotopic (exact) mass is 463 g/mol. The average Bonchev–Trinajstić information content (AvgIpc) is 2.82. The van der Waals surface area contributed by atoms with Gasteiger partial charge in [0.1, 0.15) is 12.1 Å². The highest BCUT2D eigenvalue weighted by atomic mass is 79.9. The number of benzene rings is 2. The van der Waals surface area contributed by atoms with Gasteiger partial charge in [-0.1, -0.05) is 45.7 Å². The summed E-state index contributed by atoms with van der Waals surface area (Å²) in [7, 11) is 0. The van der Waals surface area contributed by atoms with Crippen molar-refractivity contribution in [1.29, 1.82) is 0 Å². The molecule has 0 radical (unpaired) electrons. The van der Waals surface area contributed by atoms with E-state index < -0.39 is 29.9 Å². The van der Waals surface area contributed by atoms with Crippen LogP contribution in [0.3, 0.4) is 0 Å². The van der Waals surface area contributed by atoms with Crippen LogP contribution in [-0.4, -0.2) is 29.3 Å². The third kappa shape index (κ3) is 3.77. The lowest BCUT2D eigenvalue weighted by molar-refractivity contribution is -0.133. The number of rotatable bonds is 4. The number of halogens is 2. The molecule has 28 heavy (non-hydrogen) atoms. The summed E-state index contributed by atoms with van der Waals surface area (Å²) in [5, 5.41) is 5.79. The lowest BCUT2D eigenvalue weighted by Crippen LogP contribution is -2.42. The molecule has 1 heterocycles. The molecule has 8 heteroatoms. The maximum atomic E-state index is 12.9. The Labute approximate surface area is 176 Å². The number of amides is 4. The minimum atomic E-state index is -1.24. The quantitative estimate of drug-likeness (QED) is 0.668. The molecule has 1 fully saturated rings. The van der Waals surface area contributed by atoms with E-state index in [-0.39, 0.29) is 0 Å². The van der Waals surface area contributed by atoms with Crippen LogP contribution in [0.4, 0.5) is 10.5 Å².